The fourth-order valence-corrected chi connectivity index (χ4v) is 5.27. The third-order valence-corrected chi connectivity index (χ3v) is 7.19. The smallest absolute Gasteiger partial charge is 0.243 e. The fourth-order valence-electron chi connectivity index (χ4n) is 4.46. The lowest BCUT2D eigenvalue weighted by atomic mass is 9.86. The molecule has 0 spiro atoms. The van der Waals surface area contributed by atoms with Crippen molar-refractivity contribution in [2.45, 2.75) is 65.3 Å². The third-order valence-electron chi connectivity index (χ3n) is 6.21. The average molecular weight is 487 g/mol. The Morgan fingerprint density at radius 1 is 1.21 bits per heavy atom. The first-order valence-corrected chi connectivity index (χ1v) is 12.3. The second-order valence-corrected chi connectivity index (χ2v) is 10.8. The van der Waals surface area contributed by atoms with Crippen molar-refractivity contribution in [3.05, 3.63) is 41.0 Å². The van der Waals surface area contributed by atoms with E-state index in [1.807, 2.05) is 52.0 Å². The maximum atomic E-state index is 13.3. The highest BCUT2D eigenvalue weighted by molar-refractivity contribution is 7.13. The number of ketones is 1. The molecule has 1 aromatic heterocycles. The largest absolute Gasteiger partial charge is 0.391 e. The second kappa shape index (κ2) is 10.3. The number of aliphatic hydroxyl groups excluding tert-OH is 1. The summed E-state index contributed by atoms with van der Waals surface area (Å²) in [6.45, 7) is 9.28. The van der Waals surface area contributed by atoms with Crippen molar-refractivity contribution < 1.29 is 19.5 Å². The lowest BCUT2D eigenvalue weighted by molar-refractivity contribution is -0.142. The van der Waals surface area contributed by atoms with Gasteiger partial charge in [0.25, 0.3) is 0 Å². The van der Waals surface area contributed by atoms with Gasteiger partial charge in [-0.1, -0.05) is 45.0 Å². The molecule has 9 heteroatoms. The molecular formula is C25H34N4O4S. The average Bonchev–Trinajstić information content (AvgIpc) is 3.36. The summed E-state index contributed by atoms with van der Waals surface area (Å²) in [5.74, 6) is -0.902. The molecule has 2 aromatic rings. The number of β-amino-alcohol motifs (C(OH)–C–C–N with tert-alkyl or cyclic N) is 1. The third kappa shape index (κ3) is 5.54. The molecule has 1 fully saturated rings. The second-order valence-electron chi connectivity index (χ2n) is 9.92. The van der Waals surface area contributed by atoms with Crippen molar-refractivity contribution in [3.8, 4) is 10.4 Å². The molecule has 1 saturated heterocycles. The lowest BCUT2D eigenvalue weighted by Gasteiger charge is -2.35. The standard InChI is InChI=1S/C25H34N4O4S/c1-14-21(34-13-27-14)17-9-7-16(8-10-17)20(15(2)30)28-23(32)19-11-18(31)12-29(19)24(33)22(26-6)25(3,4)5/h7-10,13,18-20,22,26,31H,11-12H2,1-6H3,(H,28,32)/t18-,19+,20-,22-/m1/s1. The molecule has 3 N–H and O–H groups in total. The Labute approximate surface area is 204 Å². The summed E-state index contributed by atoms with van der Waals surface area (Å²) < 4.78 is 0. The van der Waals surface area contributed by atoms with E-state index in [0.717, 1.165) is 16.1 Å². The van der Waals surface area contributed by atoms with E-state index >= 15 is 0 Å². The molecular weight excluding hydrogens is 452 g/mol. The minimum atomic E-state index is -0.846. The van der Waals surface area contributed by atoms with E-state index in [1.165, 1.54) is 11.8 Å². The number of nitrogens with zero attached hydrogens (tertiary/aromatic N) is 2. The van der Waals surface area contributed by atoms with Crippen LogP contribution in [0.5, 0.6) is 0 Å². The molecule has 1 aromatic carbocycles. The molecule has 2 heterocycles. The lowest BCUT2D eigenvalue weighted by Crippen LogP contribution is -2.56. The first-order chi connectivity index (χ1) is 15.9. The van der Waals surface area contributed by atoms with Gasteiger partial charge in [0.2, 0.25) is 11.8 Å². The minimum Gasteiger partial charge on any atom is -0.391 e. The number of carbonyl (C=O) groups excluding carboxylic acids is 3. The van der Waals surface area contributed by atoms with Crippen LogP contribution in [-0.2, 0) is 14.4 Å². The Morgan fingerprint density at radius 3 is 2.35 bits per heavy atom. The van der Waals surface area contributed by atoms with Gasteiger partial charge in [0.15, 0.2) is 5.78 Å². The van der Waals surface area contributed by atoms with Crippen molar-refractivity contribution >= 4 is 28.9 Å². The first-order valence-electron chi connectivity index (χ1n) is 11.4. The zero-order chi connectivity index (χ0) is 25.2. The van der Waals surface area contributed by atoms with Crippen LogP contribution in [0.25, 0.3) is 10.4 Å². The molecule has 0 unspecified atom stereocenters. The fraction of sp³-hybridized carbons (Fsp3) is 0.520. The van der Waals surface area contributed by atoms with Gasteiger partial charge in [0.05, 0.1) is 28.2 Å². The number of rotatable bonds is 7. The van der Waals surface area contributed by atoms with Crippen LogP contribution < -0.4 is 10.6 Å². The number of thiazole rings is 1. The van der Waals surface area contributed by atoms with E-state index in [0.29, 0.717) is 5.56 Å². The van der Waals surface area contributed by atoms with Gasteiger partial charge < -0.3 is 20.6 Å². The van der Waals surface area contributed by atoms with E-state index in [9.17, 15) is 19.5 Å². The Morgan fingerprint density at radius 2 is 1.85 bits per heavy atom. The molecule has 4 atom stereocenters. The van der Waals surface area contributed by atoms with Crippen LogP contribution in [0, 0.1) is 12.3 Å². The number of hydrogen-bond acceptors (Lipinski definition) is 7. The van der Waals surface area contributed by atoms with Crippen LogP contribution in [0.3, 0.4) is 0 Å². The number of Topliss-reactive ketones (excluding diaryl/α,β-unsaturated/α-hetero) is 1. The Kier molecular flexibility index (Phi) is 7.90. The van der Waals surface area contributed by atoms with Crippen LogP contribution in [0.4, 0.5) is 0 Å². The van der Waals surface area contributed by atoms with E-state index < -0.39 is 30.1 Å². The number of nitrogens with one attached hydrogen (secondary N) is 2. The normalized spacial score (nSPS) is 20.1. The summed E-state index contributed by atoms with van der Waals surface area (Å²) in [6.07, 6.45) is -0.665. The maximum Gasteiger partial charge on any atom is 0.243 e. The number of likely N-dealkylation sites (N-methyl/N-ethyl adjacent to an activating group) is 1. The topological polar surface area (TPSA) is 112 Å². The number of aliphatic hydroxyl groups is 1. The van der Waals surface area contributed by atoms with Crippen molar-refractivity contribution in [3.63, 3.8) is 0 Å². The van der Waals surface area contributed by atoms with Crippen LogP contribution in [0.15, 0.2) is 29.8 Å². The van der Waals surface area contributed by atoms with Gasteiger partial charge in [-0.05, 0) is 37.4 Å². The molecule has 0 bridgehead atoms. The van der Waals surface area contributed by atoms with Crippen LogP contribution in [-0.4, -0.2) is 64.4 Å². The Bertz CT molecular complexity index is 1040. The molecule has 184 valence electrons. The van der Waals surface area contributed by atoms with E-state index in [4.69, 9.17) is 0 Å². The zero-order valence-electron chi connectivity index (χ0n) is 20.6. The highest BCUT2D eigenvalue weighted by atomic mass is 32.1. The zero-order valence-corrected chi connectivity index (χ0v) is 21.4. The summed E-state index contributed by atoms with van der Waals surface area (Å²) >= 11 is 1.55. The first kappa shape index (κ1) is 26.0. The van der Waals surface area contributed by atoms with E-state index in [1.54, 1.807) is 23.9 Å². The van der Waals surface area contributed by atoms with Gasteiger partial charge in [-0.25, -0.2) is 4.98 Å². The summed E-state index contributed by atoms with van der Waals surface area (Å²) in [5.41, 5.74) is 4.01. The molecule has 8 nitrogen and oxygen atoms in total. The van der Waals surface area contributed by atoms with Crippen LogP contribution in [0.2, 0.25) is 0 Å². The maximum absolute atomic E-state index is 13.3. The summed E-state index contributed by atoms with van der Waals surface area (Å²) in [4.78, 5) is 45.7. The Balaban J connectivity index is 1.80. The molecule has 1 aliphatic rings. The van der Waals surface area contributed by atoms with Gasteiger partial charge >= 0.3 is 0 Å². The van der Waals surface area contributed by atoms with Crippen LogP contribution in [0.1, 0.15) is 51.4 Å². The molecule has 34 heavy (non-hydrogen) atoms. The SMILES string of the molecule is CN[C@H](C(=O)N1C[C@H](O)C[C@H]1C(=O)N[C@H](C(C)=O)c1ccc(-c2scnc2C)cc1)C(C)(C)C. The van der Waals surface area contributed by atoms with Gasteiger partial charge in [-0.15, -0.1) is 11.3 Å². The molecule has 2 amide bonds. The number of aryl methyl sites for hydroxylation is 1. The summed E-state index contributed by atoms with van der Waals surface area (Å²) in [7, 11) is 1.71. The predicted molar refractivity (Wildman–Crippen MR) is 132 cm³/mol. The van der Waals surface area contributed by atoms with Crippen molar-refractivity contribution in [2.75, 3.05) is 13.6 Å². The molecule has 1 aliphatic heterocycles. The molecule has 0 saturated carbocycles. The number of aromatic nitrogens is 1. The minimum absolute atomic E-state index is 0.0822. The van der Waals surface area contributed by atoms with Gasteiger partial charge in [-0.3, -0.25) is 14.4 Å². The van der Waals surface area contributed by atoms with E-state index in [-0.39, 0.29) is 30.1 Å². The number of likely N-dealkylation sites (tertiary alicyclic amines) is 1. The van der Waals surface area contributed by atoms with Crippen molar-refractivity contribution in [2.24, 2.45) is 5.41 Å². The predicted octanol–water partition coefficient (Wildman–Crippen LogP) is 2.46. The summed E-state index contributed by atoms with van der Waals surface area (Å²) in [5, 5.41) is 16.1. The van der Waals surface area contributed by atoms with Gasteiger partial charge in [0.1, 0.15) is 12.1 Å². The van der Waals surface area contributed by atoms with Gasteiger partial charge in [-0.2, -0.15) is 0 Å². The Hall–Kier alpha value is -2.62. The van der Waals surface area contributed by atoms with Crippen LogP contribution >= 0.6 is 11.3 Å². The molecule has 3 rings (SSSR count). The number of carbonyl (C=O) groups is 3. The number of amides is 2. The number of hydrogen-bond donors (Lipinski definition) is 3. The molecule has 0 aliphatic carbocycles. The number of benzene rings is 1. The van der Waals surface area contributed by atoms with Gasteiger partial charge in [0, 0.05) is 13.0 Å². The monoisotopic (exact) mass is 486 g/mol. The van der Waals surface area contributed by atoms with Crippen molar-refractivity contribution in [1.29, 1.82) is 0 Å². The quantitative estimate of drug-likeness (QED) is 0.554. The van der Waals surface area contributed by atoms with E-state index in [2.05, 4.69) is 15.6 Å². The highest BCUT2D eigenvalue weighted by Gasteiger charge is 2.44. The molecule has 0 radical (unpaired) electrons. The highest BCUT2D eigenvalue weighted by Crippen LogP contribution is 2.29. The van der Waals surface area contributed by atoms with Crippen molar-refractivity contribution in [1.82, 2.24) is 20.5 Å². The summed E-state index contributed by atoms with van der Waals surface area (Å²) in [6, 6.07) is 5.26.